The van der Waals surface area contributed by atoms with E-state index in [0.717, 1.165) is 13.0 Å². The normalized spacial score (nSPS) is 14.8. The SMILES string of the molecule is CC(C)CC(=O)NC[C@@H](c1cccs1)N1CCc2ccccc21. The molecule has 1 aliphatic heterocycles. The molecule has 23 heavy (non-hydrogen) atoms. The molecule has 1 N–H and O–H groups in total. The summed E-state index contributed by atoms with van der Waals surface area (Å²) < 4.78 is 0. The number of amides is 1. The van der Waals surface area contributed by atoms with Gasteiger partial charge in [0.05, 0.1) is 6.04 Å². The van der Waals surface area contributed by atoms with Crippen LogP contribution in [0.5, 0.6) is 0 Å². The van der Waals surface area contributed by atoms with Crippen LogP contribution in [0.4, 0.5) is 5.69 Å². The summed E-state index contributed by atoms with van der Waals surface area (Å²) in [6.45, 7) is 5.84. The first-order valence-electron chi connectivity index (χ1n) is 8.30. The van der Waals surface area contributed by atoms with Crippen LogP contribution < -0.4 is 10.2 Å². The van der Waals surface area contributed by atoms with Crippen molar-refractivity contribution in [1.29, 1.82) is 0 Å². The molecule has 122 valence electrons. The molecule has 1 amide bonds. The maximum absolute atomic E-state index is 12.1. The zero-order chi connectivity index (χ0) is 16.2. The Morgan fingerprint density at radius 2 is 2.09 bits per heavy atom. The average Bonchev–Trinajstić information content (AvgIpc) is 3.17. The number of para-hydroxylation sites is 1. The Hall–Kier alpha value is -1.81. The first-order valence-corrected chi connectivity index (χ1v) is 9.17. The van der Waals surface area contributed by atoms with Gasteiger partial charge in [0.1, 0.15) is 0 Å². The molecule has 2 aromatic rings. The van der Waals surface area contributed by atoms with E-state index in [2.05, 4.69) is 65.8 Å². The zero-order valence-corrected chi connectivity index (χ0v) is 14.6. The quantitative estimate of drug-likeness (QED) is 0.869. The van der Waals surface area contributed by atoms with E-state index < -0.39 is 0 Å². The van der Waals surface area contributed by atoms with Gasteiger partial charge in [-0.1, -0.05) is 38.1 Å². The molecular formula is C19H24N2OS. The summed E-state index contributed by atoms with van der Waals surface area (Å²) in [5.74, 6) is 0.539. The monoisotopic (exact) mass is 328 g/mol. The van der Waals surface area contributed by atoms with Crippen LogP contribution in [-0.2, 0) is 11.2 Å². The Balaban J connectivity index is 1.77. The maximum Gasteiger partial charge on any atom is 0.220 e. The van der Waals surface area contributed by atoms with Gasteiger partial charge in [0.25, 0.3) is 0 Å². The summed E-state index contributed by atoms with van der Waals surface area (Å²) in [5, 5.41) is 5.25. The number of nitrogens with one attached hydrogen (secondary N) is 1. The largest absolute Gasteiger partial charge is 0.361 e. The van der Waals surface area contributed by atoms with Gasteiger partial charge in [0.2, 0.25) is 5.91 Å². The summed E-state index contributed by atoms with van der Waals surface area (Å²) in [4.78, 5) is 15.8. The number of thiophene rings is 1. The highest BCUT2D eigenvalue weighted by Crippen LogP contribution is 2.36. The van der Waals surface area contributed by atoms with Gasteiger partial charge >= 0.3 is 0 Å². The maximum atomic E-state index is 12.1. The van der Waals surface area contributed by atoms with Gasteiger partial charge in [0, 0.05) is 30.1 Å². The molecule has 1 atom stereocenters. The number of nitrogens with zero attached hydrogens (tertiary/aromatic N) is 1. The third kappa shape index (κ3) is 3.75. The summed E-state index contributed by atoms with van der Waals surface area (Å²) in [7, 11) is 0. The molecular weight excluding hydrogens is 304 g/mol. The standard InChI is InChI=1S/C19H24N2OS/c1-14(2)12-19(22)20-13-17(18-8-5-11-23-18)21-10-9-15-6-3-4-7-16(15)21/h3-8,11,14,17H,9-10,12-13H2,1-2H3,(H,20,22)/t17-/m0/s1. The summed E-state index contributed by atoms with van der Waals surface area (Å²) in [5.41, 5.74) is 2.71. The van der Waals surface area contributed by atoms with E-state index in [0.29, 0.717) is 18.9 Å². The molecule has 0 fully saturated rings. The van der Waals surface area contributed by atoms with Crippen LogP contribution in [0.2, 0.25) is 0 Å². The van der Waals surface area contributed by atoms with Gasteiger partial charge in [-0.3, -0.25) is 4.79 Å². The van der Waals surface area contributed by atoms with Gasteiger partial charge in [-0.15, -0.1) is 11.3 Å². The van der Waals surface area contributed by atoms with Crippen LogP contribution in [0, 0.1) is 5.92 Å². The number of hydrogen-bond donors (Lipinski definition) is 1. The first-order chi connectivity index (χ1) is 11.1. The Morgan fingerprint density at radius 1 is 1.26 bits per heavy atom. The lowest BCUT2D eigenvalue weighted by Gasteiger charge is -2.30. The summed E-state index contributed by atoms with van der Waals surface area (Å²) in [6.07, 6.45) is 1.67. The van der Waals surface area contributed by atoms with Crippen molar-refractivity contribution in [3.63, 3.8) is 0 Å². The minimum Gasteiger partial charge on any atom is -0.361 e. The van der Waals surface area contributed by atoms with E-state index in [-0.39, 0.29) is 11.9 Å². The molecule has 3 nitrogen and oxygen atoms in total. The number of rotatable bonds is 6. The van der Waals surface area contributed by atoms with E-state index in [1.807, 2.05) is 0 Å². The summed E-state index contributed by atoms with van der Waals surface area (Å²) >= 11 is 1.77. The number of carbonyl (C=O) groups excluding carboxylic acids is 1. The number of benzene rings is 1. The predicted molar refractivity (Wildman–Crippen MR) is 97.0 cm³/mol. The smallest absolute Gasteiger partial charge is 0.220 e. The van der Waals surface area contributed by atoms with E-state index in [4.69, 9.17) is 0 Å². The summed E-state index contributed by atoms with van der Waals surface area (Å²) in [6, 6.07) is 13.1. The molecule has 1 aromatic heterocycles. The zero-order valence-electron chi connectivity index (χ0n) is 13.8. The molecule has 0 spiro atoms. The Bertz CT molecular complexity index is 651. The molecule has 0 saturated carbocycles. The van der Waals surface area contributed by atoms with E-state index in [9.17, 15) is 4.79 Å². The molecule has 0 bridgehead atoms. The van der Waals surface area contributed by atoms with E-state index >= 15 is 0 Å². The van der Waals surface area contributed by atoms with Gasteiger partial charge in [-0.25, -0.2) is 0 Å². The molecule has 0 saturated heterocycles. The number of hydrogen-bond acceptors (Lipinski definition) is 3. The van der Waals surface area contributed by atoms with Gasteiger partial charge in [0.15, 0.2) is 0 Å². The van der Waals surface area contributed by atoms with Crippen molar-refractivity contribution in [2.75, 3.05) is 18.0 Å². The number of anilines is 1. The minimum atomic E-state index is 0.147. The highest BCUT2D eigenvalue weighted by molar-refractivity contribution is 7.10. The Kier molecular flexibility index (Phi) is 5.01. The van der Waals surface area contributed by atoms with Gasteiger partial charge in [-0.2, -0.15) is 0 Å². The van der Waals surface area contributed by atoms with E-state index in [1.54, 1.807) is 11.3 Å². The predicted octanol–water partition coefficient (Wildman–Crippen LogP) is 4.01. The second-order valence-corrected chi connectivity index (χ2v) is 7.48. The van der Waals surface area contributed by atoms with Crippen LogP contribution in [-0.4, -0.2) is 19.0 Å². The van der Waals surface area contributed by atoms with Crippen molar-refractivity contribution >= 4 is 22.9 Å². The highest BCUT2D eigenvalue weighted by Gasteiger charge is 2.27. The van der Waals surface area contributed by atoms with Crippen molar-refractivity contribution in [3.8, 4) is 0 Å². The molecule has 0 radical (unpaired) electrons. The van der Waals surface area contributed by atoms with Crippen molar-refractivity contribution < 1.29 is 4.79 Å². The van der Waals surface area contributed by atoms with Gasteiger partial charge < -0.3 is 10.2 Å². The fourth-order valence-electron chi connectivity index (χ4n) is 3.19. The fourth-order valence-corrected chi connectivity index (χ4v) is 4.03. The second kappa shape index (κ2) is 7.18. The van der Waals surface area contributed by atoms with Crippen LogP contribution in [0.3, 0.4) is 0 Å². The average molecular weight is 328 g/mol. The van der Waals surface area contributed by atoms with Crippen molar-refractivity contribution in [3.05, 3.63) is 52.2 Å². The Labute approximate surface area is 142 Å². The molecule has 4 heteroatoms. The molecule has 0 unspecified atom stereocenters. The van der Waals surface area contributed by atoms with Crippen LogP contribution in [0.1, 0.15) is 36.8 Å². The van der Waals surface area contributed by atoms with E-state index in [1.165, 1.54) is 16.1 Å². The lowest BCUT2D eigenvalue weighted by Crippen LogP contribution is -2.37. The van der Waals surface area contributed by atoms with Crippen molar-refractivity contribution in [2.24, 2.45) is 5.92 Å². The highest BCUT2D eigenvalue weighted by atomic mass is 32.1. The lowest BCUT2D eigenvalue weighted by atomic mass is 10.1. The first kappa shape index (κ1) is 16.1. The van der Waals surface area contributed by atoms with Crippen LogP contribution in [0.15, 0.2) is 41.8 Å². The van der Waals surface area contributed by atoms with Crippen molar-refractivity contribution in [2.45, 2.75) is 32.7 Å². The molecule has 0 aliphatic carbocycles. The number of carbonyl (C=O) groups is 1. The minimum absolute atomic E-state index is 0.147. The van der Waals surface area contributed by atoms with Crippen molar-refractivity contribution in [1.82, 2.24) is 5.32 Å². The molecule has 1 aliphatic rings. The molecule has 2 heterocycles. The van der Waals surface area contributed by atoms with Gasteiger partial charge in [-0.05, 0) is 35.4 Å². The second-order valence-electron chi connectivity index (χ2n) is 6.51. The third-order valence-corrected chi connectivity index (χ3v) is 5.23. The third-order valence-electron chi connectivity index (χ3n) is 4.26. The lowest BCUT2D eigenvalue weighted by molar-refractivity contribution is -0.121. The molecule has 1 aromatic carbocycles. The topological polar surface area (TPSA) is 32.3 Å². The molecule has 3 rings (SSSR count). The fraction of sp³-hybridized carbons (Fsp3) is 0.421. The van der Waals surface area contributed by atoms with Crippen LogP contribution >= 0.6 is 11.3 Å². The van der Waals surface area contributed by atoms with Crippen LogP contribution in [0.25, 0.3) is 0 Å². The Morgan fingerprint density at radius 3 is 2.83 bits per heavy atom. The number of fused-ring (bicyclic) bond motifs is 1.